The Morgan fingerprint density at radius 2 is 2.00 bits per heavy atom. The predicted molar refractivity (Wildman–Crippen MR) is 59.1 cm³/mol. The van der Waals surface area contributed by atoms with Gasteiger partial charge in [-0.1, -0.05) is 17.7 Å². The normalized spacial score (nSPS) is 10.8. The molecule has 0 atom stereocenters. The topological polar surface area (TPSA) is 38.9 Å². The summed E-state index contributed by atoms with van der Waals surface area (Å²) >= 11 is 0. The van der Waals surface area contributed by atoms with Gasteiger partial charge in [-0.3, -0.25) is 4.98 Å². The standard InChI is InChI=1S/C12H14N2/c1-8-5-9(2)12-10(6-8)3-4-11(7-13)14-12/h3-6H,7,13H2,1-2H3. The second kappa shape index (κ2) is 3.39. The van der Waals surface area contributed by atoms with Gasteiger partial charge in [0.25, 0.3) is 0 Å². The van der Waals surface area contributed by atoms with Crippen molar-refractivity contribution in [2.45, 2.75) is 20.4 Å². The predicted octanol–water partition coefficient (Wildman–Crippen LogP) is 2.31. The minimum absolute atomic E-state index is 0.503. The van der Waals surface area contributed by atoms with E-state index in [0.29, 0.717) is 6.54 Å². The highest BCUT2D eigenvalue weighted by molar-refractivity contribution is 5.82. The van der Waals surface area contributed by atoms with Crippen molar-refractivity contribution in [2.24, 2.45) is 5.73 Å². The molecule has 0 amide bonds. The molecule has 1 heterocycles. The van der Waals surface area contributed by atoms with E-state index in [2.05, 4.69) is 37.0 Å². The van der Waals surface area contributed by atoms with Crippen molar-refractivity contribution >= 4 is 10.9 Å². The average Bonchev–Trinajstić information content (AvgIpc) is 2.17. The maximum absolute atomic E-state index is 5.56. The highest BCUT2D eigenvalue weighted by Crippen LogP contribution is 2.18. The summed E-state index contributed by atoms with van der Waals surface area (Å²) in [6.45, 7) is 4.69. The molecule has 0 unspecified atom stereocenters. The summed E-state index contributed by atoms with van der Waals surface area (Å²) in [7, 11) is 0. The molecule has 0 bridgehead atoms. The molecule has 0 fully saturated rings. The van der Waals surface area contributed by atoms with Crippen LogP contribution in [0.4, 0.5) is 0 Å². The zero-order valence-corrected chi connectivity index (χ0v) is 8.54. The van der Waals surface area contributed by atoms with E-state index in [0.717, 1.165) is 11.2 Å². The van der Waals surface area contributed by atoms with Crippen molar-refractivity contribution in [3.63, 3.8) is 0 Å². The molecule has 0 aliphatic carbocycles. The lowest BCUT2D eigenvalue weighted by Crippen LogP contribution is -1.99. The molecule has 72 valence electrons. The van der Waals surface area contributed by atoms with E-state index in [9.17, 15) is 0 Å². The lowest BCUT2D eigenvalue weighted by atomic mass is 10.1. The van der Waals surface area contributed by atoms with Crippen LogP contribution in [0.15, 0.2) is 24.3 Å². The van der Waals surface area contributed by atoms with Gasteiger partial charge in [0.2, 0.25) is 0 Å². The first-order valence-corrected chi connectivity index (χ1v) is 4.77. The first kappa shape index (κ1) is 9.16. The van der Waals surface area contributed by atoms with Crippen LogP contribution in [0, 0.1) is 13.8 Å². The third-order valence-electron chi connectivity index (χ3n) is 2.39. The molecule has 0 aliphatic rings. The van der Waals surface area contributed by atoms with E-state index in [1.54, 1.807) is 0 Å². The fraction of sp³-hybridized carbons (Fsp3) is 0.250. The quantitative estimate of drug-likeness (QED) is 0.742. The summed E-state index contributed by atoms with van der Waals surface area (Å²) in [5, 5.41) is 1.19. The summed E-state index contributed by atoms with van der Waals surface area (Å²) in [4.78, 5) is 4.51. The van der Waals surface area contributed by atoms with Gasteiger partial charge in [-0.2, -0.15) is 0 Å². The van der Waals surface area contributed by atoms with Crippen molar-refractivity contribution in [3.05, 3.63) is 41.1 Å². The molecule has 0 spiro atoms. The second-order valence-corrected chi connectivity index (χ2v) is 3.66. The molecule has 2 rings (SSSR count). The third-order valence-corrected chi connectivity index (χ3v) is 2.39. The Hall–Kier alpha value is -1.41. The summed E-state index contributed by atoms with van der Waals surface area (Å²) in [5.41, 5.74) is 10.1. The number of aromatic nitrogens is 1. The van der Waals surface area contributed by atoms with Crippen LogP contribution in [0.25, 0.3) is 10.9 Å². The Bertz CT molecular complexity index is 475. The van der Waals surface area contributed by atoms with Gasteiger partial charge in [0.05, 0.1) is 11.2 Å². The minimum atomic E-state index is 0.503. The number of rotatable bonds is 1. The lowest BCUT2D eigenvalue weighted by Gasteiger charge is -2.05. The van der Waals surface area contributed by atoms with Gasteiger partial charge < -0.3 is 5.73 Å². The van der Waals surface area contributed by atoms with Crippen LogP contribution in [0.3, 0.4) is 0 Å². The molecular weight excluding hydrogens is 172 g/mol. The molecule has 14 heavy (non-hydrogen) atoms. The largest absolute Gasteiger partial charge is 0.325 e. The van der Waals surface area contributed by atoms with Crippen molar-refractivity contribution in [2.75, 3.05) is 0 Å². The van der Waals surface area contributed by atoms with E-state index in [4.69, 9.17) is 5.73 Å². The number of hydrogen-bond donors (Lipinski definition) is 1. The van der Waals surface area contributed by atoms with Crippen LogP contribution < -0.4 is 5.73 Å². The zero-order valence-electron chi connectivity index (χ0n) is 8.54. The molecule has 0 aliphatic heterocycles. The molecule has 1 aromatic carbocycles. The summed E-state index contributed by atoms with van der Waals surface area (Å²) < 4.78 is 0. The maximum atomic E-state index is 5.56. The van der Waals surface area contributed by atoms with Gasteiger partial charge in [-0.25, -0.2) is 0 Å². The number of hydrogen-bond acceptors (Lipinski definition) is 2. The van der Waals surface area contributed by atoms with Gasteiger partial charge in [0.1, 0.15) is 0 Å². The van der Waals surface area contributed by atoms with Gasteiger partial charge in [-0.15, -0.1) is 0 Å². The number of benzene rings is 1. The van der Waals surface area contributed by atoms with E-state index in [1.165, 1.54) is 16.5 Å². The number of pyridine rings is 1. The Balaban J connectivity index is 2.75. The van der Waals surface area contributed by atoms with Crippen molar-refractivity contribution in [1.29, 1.82) is 0 Å². The maximum Gasteiger partial charge on any atom is 0.0735 e. The fourth-order valence-corrected chi connectivity index (χ4v) is 1.75. The Morgan fingerprint density at radius 1 is 1.21 bits per heavy atom. The van der Waals surface area contributed by atoms with Crippen molar-refractivity contribution < 1.29 is 0 Å². The monoisotopic (exact) mass is 186 g/mol. The van der Waals surface area contributed by atoms with Crippen LogP contribution in [0.1, 0.15) is 16.8 Å². The molecule has 2 aromatic rings. The molecule has 2 nitrogen and oxygen atoms in total. The third kappa shape index (κ3) is 1.49. The van der Waals surface area contributed by atoms with Crippen LogP contribution in [-0.4, -0.2) is 4.98 Å². The van der Waals surface area contributed by atoms with Crippen LogP contribution in [0.2, 0.25) is 0 Å². The molecule has 1 aromatic heterocycles. The highest BCUT2D eigenvalue weighted by Gasteiger charge is 2.01. The molecule has 0 saturated heterocycles. The fourth-order valence-electron chi connectivity index (χ4n) is 1.75. The Kier molecular flexibility index (Phi) is 2.22. The van der Waals surface area contributed by atoms with Crippen LogP contribution >= 0.6 is 0 Å². The average molecular weight is 186 g/mol. The molecule has 0 radical (unpaired) electrons. The number of aryl methyl sites for hydroxylation is 2. The number of nitrogens with zero attached hydrogens (tertiary/aromatic N) is 1. The lowest BCUT2D eigenvalue weighted by molar-refractivity contribution is 1.00. The second-order valence-electron chi connectivity index (χ2n) is 3.66. The van der Waals surface area contributed by atoms with Crippen molar-refractivity contribution in [3.8, 4) is 0 Å². The Labute approximate surface area is 83.8 Å². The highest BCUT2D eigenvalue weighted by atomic mass is 14.7. The number of fused-ring (bicyclic) bond motifs is 1. The zero-order chi connectivity index (χ0) is 10.1. The molecule has 2 N–H and O–H groups in total. The van der Waals surface area contributed by atoms with Gasteiger partial charge in [0, 0.05) is 11.9 Å². The van der Waals surface area contributed by atoms with Crippen LogP contribution in [-0.2, 0) is 6.54 Å². The Morgan fingerprint density at radius 3 is 2.71 bits per heavy atom. The summed E-state index contributed by atoms with van der Waals surface area (Å²) in [6, 6.07) is 8.37. The summed E-state index contributed by atoms with van der Waals surface area (Å²) in [6.07, 6.45) is 0. The first-order valence-electron chi connectivity index (χ1n) is 4.77. The van der Waals surface area contributed by atoms with Crippen LogP contribution in [0.5, 0.6) is 0 Å². The SMILES string of the molecule is Cc1cc(C)c2nc(CN)ccc2c1. The van der Waals surface area contributed by atoms with Crippen molar-refractivity contribution in [1.82, 2.24) is 4.98 Å². The van der Waals surface area contributed by atoms with E-state index >= 15 is 0 Å². The first-order chi connectivity index (χ1) is 6.70. The van der Waals surface area contributed by atoms with E-state index in [1.807, 2.05) is 6.07 Å². The van der Waals surface area contributed by atoms with Gasteiger partial charge >= 0.3 is 0 Å². The van der Waals surface area contributed by atoms with Gasteiger partial charge in [0.15, 0.2) is 0 Å². The molecule has 2 heteroatoms. The minimum Gasteiger partial charge on any atom is -0.325 e. The smallest absolute Gasteiger partial charge is 0.0735 e. The van der Waals surface area contributed by atoms with E-state index in [-0.39, 0.29) is 0 Å². The number of nitrogens with two attached hydrogens (primary N) is 1. The summed E-state index contributed by atoms with van der Waals surface area (Å²) in [5.74, 6) is 0. The molecule has 0 saturated carbocycles. The van der Waals surface area contributed by atoms with Gasteiger partial charge in [-0.05, 0) is 31.5 Å². The van der Waals surface area contributed by atoms with E-state index < -0.39 is 0 Å². The molecular formula is C12H14N2.